The van der Waals surface area contributed by atoms with Crippen LogP contribution < -0.4 is 10.6 Å². The molecule has 0 aliphatic carbocycles. The van der Waals surface area contributed by atoms with Crippen LogP contribution in [0, 0.1) is 0 Å². The van der Waals surface area contributed by atoms with E-state index in [-0.39, 0.29) is 6.04 Å². The lowest BCUT2D eigenvalue weighted by atomic mass is 10.1. The summed E-state index contributed by atoms with van der Waals surface area (Å²) in [5.74, 6) is 0. The fourth-order valence-electron chi connectivity index (χ4n) is 1.83. The normalized spacial score (nSPS) is 13.1. The van der Waals surface area contributed by atoms with Gasteiger partial charge in [-0.3, -0.25) is 0 Å². The molecule has 23 heavy (non-hydrogen) atoms. The van der Waals surface area contributed by atoms with Crippen LogP contribution in [0.25, 0.3) is 0 Å². The van der Waals surface area contributed by atoms with Crippen molar-refractivity contribution in [2.45, 2.75) is 39.3 Å². The predicted octanol–water partition coefficient (Wildman–Crippen LogP) is 4.72. The third-order valence-electron chi connectivity index (χ3n) is 2.92. The van der Waals surface area contributed by atoms with E-state index >= 15 is 0 Å². The van der Waals surface area contributed by atoms with Gasteiger partial charge in [-0.2, -0.15) is 0 Å². The third kappa shape index (κ3) is 7.73. The van der Waals surface area contributed by atoms with E-state index in [2.05, 4.69) is 10.6 Å². The highest BCUT2D eigenvalue weighted by atomic mass is 35.5. The van der Waals surface area contributed by atoms with E-state index in [0.29, 0.717) is 23.1 Å². The molecule has 0 aromatic heterocycles. The topological polar surface area (TPSA) is 50.4 Å². The van der Waals surface area contributed by atoms with Crippen LogP contribution in [0.5, 0.6) is 0 Å². The molecule has 0 heterocycles. The predicted molar refractivity (Wildman–Crippen MR) is 96.3 cm³/mol. The molecule has 0 aliphatic rings. The Hall–Kier alpha value is -1.23. The van der Waals surface area contributed by atoms with Gasteiger partial charge in [-0.05, 0) is 39.3 Å². The highest BCUT2D eigenvalue weighted by Crippen LogP contribution is 2.29. The van der Waals surface area contributed by atoms with E-state index in [9.17, 15) is 4.79 Å². The lowest BCUT2D eigenvalue weighted by molar-refractivity contribution is 0.0534. The second kappa shape index (κ2) is 9.16. The summed E-state index contributed by atoms with van der Waals surface area (Å²) in [6, 6.07) is 5.66. The molecular weight excluding hydrogens is 335 g/mol. The van der Waals surface area contributed by atoms with Gasteiger partial charge < -0.3 is 15.4 Å². The Morgan fingerprint density at radius 2 is 1.91 bits per heavy atom. The number of halogens is 2. The van der Waals surface area contributed by atoms with E-state index in [4.69, 9.17) is 27.9 Å². The maximum atomic E-state index is 11.4. The van der Waals surface area contributed by atoms with Crippen LogP contribution in [-0.4, -0.2) is 24.8 Å². The molecule has 128 valence electrons. The number of rotatable bonds is 6. The third-order valence-corrected chi connectivity index (χ3v) is 3.75. The summed E-state index contributed by atoms with van der Waals surface area (Å²) in [4.78, 5) is 11.4. The van der Waals surface area contributed by atoms with Crippen LogP contribution in [0.2, 0.25) is 10.0 Å². The molecule has 1 atom stereocenters. The van der Waals surface area contributed by atoms with Crippen LogP contribution in [0.3, 0.4) is 0 Å². The van der Waals surface area contributed by atoms with Gasteiger partial charge in [0.25, 0.3) is 0 Å². The first kappa shape index (κ1) is 19.8. The van der Waals surface area contributed by atoms with Gasteiger partial charge in [0.2, 0.25) is 0 Å². The molecule has 0 radical (unpaired) electrons. The number of carbonyl (C=O) groups is 1. The molecule has 1 aromatic carbocycles. The van der Waals surface area contributed by atoms with Crippen molar-refractivity contribution in [3.05, 3.63) is 46.0 Å². The summed E-state index contributed by atoms with van der Waals surface area (Å²) >= 11 is 12.2. The number of alkyl carbamates (subject to hydrolysis) is 1. The zero-order valence-corrected chi connectivity index (χ0v) is 15.5. The SMILES string of the molecule is CC(NC/C=C/CNC(=O)OC(C)(C)C)c1cccc(Cl)c1Cl. The number of ether oxygens (including phenoxy) is 1. The van der Waals surface area contributed by atoms with Gasteiger partial charge in [0.05, 0.1) is 10.0 Å². The van der Waals surface area contributed by atoms with Crippen molar-refractivity contribution in [1.29, 1.82) is 0 Å². The summed E-state index contributed by atoms with van der Waals surface area (Å²) in [5, 5.41) is 7.11. The van der Waals surface area contributed by atoms with Crippen LogP contribution in [0.1, 0.15) is 39.3 Å². The Morgan fingerprint density at radius 1 is 1.26 bits per heavy atom. The van der Waals surface area contributed by atoms with Gasteiger partial charge in [0, 0.05) is 19.1 Å². The Bertz CT molecular complexity index is 554. The van der Waals surface area contributed by atoms with Gasteiger partial charge in [-0.25, -0.2) is 4.79 Å². The average Bonchev–Trinajstić information content (AvgIpc) is 2.43. The summed E-state index contributed by atoms with van der Waals surface area (Å²) < 4.78 is 5.14. The maximum absolute atomic E-state index is 11.4. The summed E-state index contributed by atoms with van der Waals surface area (Å²) in [7, 11) is 0. The smallest absolute Gasteiger partial charge is 0.407 e. The van der Waals surface area contributed by atoms with E-state index in [1.54, 1.807) is 6.07 Å². The monoisotopic (exact) mass is 358 g/mol. The van der Waals surface area contributed by atoms with Crippen molar-refractivity contribution >= 4 is 29.3 Å². The minimum atomic E-state index is -0.485. The van der Waals surface area contributed by atoms with Crippen molar-refractivity contribution in [2.24, 2.45) is 0 Å². The number of carbonyl (C=O) groups excluding carboxylic acids is 1. The summed E-state index contributed by atoms with van der Waals surface area (Å²) in [6.07, 6.45) is 3.38. The molecule has 0 aliphatic heterocycles. The van der Waals surface area contributed by atoms with Crippen molar-refractivity contribution in [3.63, 3.8) is 0 Å². The second-order valence-corrected chi connectivity index (χ2v) is 6.91. The van der Waals surface area contributed by atoms with Crippen molar-refractivity contribution in [3.8, 4) is 0 Å². The molecule has 1 rings (SSSR count). The van der Waals surface area contributed by atoms with E-state index in [1.165, 1.54) is 0 Å². The van der Waals surface area contributed by atoms with E-state index in [1.807, 2.05) is 52.0 Å². The summed E-state index contributed by atoms with van der Waals surface area (Å²) in [6.45, 7) is 8.57. The molecule has 4 nitrogen and oxygen atoms in total. The minimum Gasteiger partial charge on any atom is -0.444 e. The zero-order valence-electron chi connectivity index (χ0n) is 14.0. The molecule has 0 bridgehead atoms. The van der Waals surface area contributed by atoms with Gasteiger partial charge >= 0.3 is 6.09 Å². The second-order valence-electron chi connectivity index (χ2n) is 6.13. The first-order chi connectivity index (χ1) is 10.7. The largest absolute Gasteiger partial charge is 0.444 e. The Morgan fingerprint density at radius 3 is 2.57 bits per heavy atom. The van der Waals surface area contributed by atoms with Crippen molar-refractivity contribution in [2.75, 3.05) is 13.1 Å². The number of nitrogens with one attached hydrogen (secondary N) is 2. The van der Waals surface area contributed by atoms with Gasteiger partial charge in [-0.15, -0.1) is 0 Å². The quantitative estimate of drug-likeness (QED) is 0.723. The molecule has 0 saturated carbocycles. The van der Waals surface area contributed by atoms with Gasteiger partial charge in [0.1, 0.15) is 5.60 Å². The molecule has 1 amide bonds. The van der Waals surface area contributed by atoms with Crippen LogP contribution in [0.4, 0.5) is 4.79 Å². The lowest BCUT2D eigenvalue weighted by Crippen LogP contribution is -2.32. The zero-order chi connectivity index (χ0) is 17.5. The first-order valence-corrected chi connectivity index (χ1v) is 8.25. The van der Waals surface area contributed by atoms with Crippen LogP contribution in [-0.2, 0) is 4.74 Å². The molecule has 1 aromatic rings. The number of benzene rings is 1. The Balaban J connectivity index is 2.31. The fourth-order valence-corrected chi connectivity index (χ4v) is 2.30. The first-order valence-electron chi connectivity index (χ1n) is 7.50. The molecule has 1 unspecified atom stereocenters. The molecule has 2 N–H and O–H groups in total. The molecule has 6 heteroatoms. The van der Waals surface area contributed by atoms with Crippen molar-refractivity contribution < 1.29 is 9.53 Å². The van der Waals surface area contributed by atoms with Gasteiger partial charge in [0.15, 0.2) is 0 Å². The lowest BCUT2D eigenvalue weighted by Gasteiger charge is -2.19. The van der Waals surface area contributed by atoms with Gasteiger partial charge in [-0.1, -0.05) is 47.5 Å². The standard InChI is InChI=1S/C17H24Cl2N2O2/c1-12(13-8-7-9-14(18)15(13)19)20-10-5-6-11-21-16(22)23-17(2,3)4/h5-9,12,20H,10-11H2,1-4H3,(H,21,22)/b6-5+. The molecule has 0 fully saturated rings. The highest BCUT2D eigenvalue weighted by molar-refractivity contribution is 6.42. The molecule has 0 spiro atoms. The maximum Gasteiger partial charge on any atom is 0.407 e. The van der Waals surface area contributed by atoms with E-state index < -0.39 is 11.7 Å². The minimum absolute atomic E-state index is 0.0738. The van der Waals surface area contributed by atoms with Crippen LogP contribution in [0.15, 0.2) is 30.4 Å². The van der Waals surface area contributed by atoms with Crippen molar-refractivity contribution in [1.82, 2.24) is 10.6 Å². The molecular formula is C17H24Cl2N2O2. The number of hydrogen-bond acceptors (Lipinski definition) is 3. The average molecular weight is 359 g/mol. The van der Waals surface area contributed by atoms with E-state index in [0.717, 1.165) is 5.56 Å². The Labute approximate surface area is 148 Å². The van der Waals surface area contributed by atoms with Crippen LogP contribution >= 0.6 is 23.2 Å². The fraction of sp³-hybridized carbons (Fsp3) is 0.471. The highest BCUT2D eigenvalue weighted by Gasteiger charge is 2.15. The Kier molecular flexibility index (Phi) is 7.89. The number of hydrogen-bond donors (Lipinski definition) is 2. The molecule has 0 saturated heterocycles. The number of amides is 1. The summed E-state index contributed by atoms with van der Waals surface area (Å²) in [5.41, 5.74) is 0.473.